The van der Waals surface area contributed by atoms with Gasteiger partial charge in [-0.25, -0.2) is 0 Å². The van der Waals surface area contributed by atoms with E-state index in [4.69, 9.17) is 21.1 Å². The fraction of sp³-hybridized carbons (Fsp3) is 0.600. The van der Waals surface area contributed by atoms with Crippen LogP contribution in [0.3, 0.4) is 0 Å². The average molecular weight is 147 g/mol. The number of nitrogens with two attached hydrogens (primary N) is 1. The highest BCUT2D eigenvalue weighted by molar-refractivity contribution is 5.03. The van der Waals surface area contributed by atoms with Crippen molar-refractivity contribution in [1.82, 2.24) is 0 Å². The first kappa shape index (κ1) is 7.33. The maximum Gasteiger partial charge on any atom is 0.215 e. The van der Waals surface area contributed by atoms with E-state index in [1.54, 1.807) is 0 Å². The number of aliphatic hydroxyl groups is 3. The molecule has 5 N–H and O–H groups in total. The maximum absolute atomic E-state index is 8.93. The minimum absolute atomic E-state index is 0.363. The van der Waals surface area contributed by atoms with Gasteiger partial charge in [0, 0.05) is 0 Å². The summed E-state index contributed by atoms with van der Waals surface area (Å²) < 4.78 is 4.43. The SMILES string of the molecule is N[C@H]1C(O)C(O)=CO[C@H]1O. The van der Waals surface area contributed by atoms with E-state index >= 15 is 0 Å². The van der Waals surface area contributed by atoms with Gasteiger partial charge in [-0.3, -0.25) is 0 Å². The van der Waals surface area contributed by atoms with Gasteiger partial charge >= 0.3 is 0 Å². The van der Waals surface area contributed by atoms with Crippen molar-refractivity contribution in [2.24, 2.45) is 5.73 Å². The molecule has 0 saturated heterocycles. The quantitative estimate of drug-likeness (QED) is 0.331. The topological polar surface area (TPSA) is 95.9 Å². The van der Waals surface area contributed by atoms with Crippen molar-refractivity contribution < 1.29 is 20.1 Å². The van der Waals surface area contributed by atoms with Gasteiger partial charge in [-0.05, 0) is 0 Å². The Morgan fingerprint density at radius 2 is 2.10 bits per heavy atom. The highest BCUT2D eigenvalue weighted by Gasteiger charge is 2.31. The number of hydrogen-bond acceptors (Lipinski definition) is 5. The van der Waals surface area contributed by atoms with Gasteiger partial charge in [0.25, 0.3) is 0 Å². The highest BCUT2D eigenvalue weighted by atomic mass is 16.6. The van der Waals surface area contributed by atoms with Crippen LogP contribution < -0.4 is 5.73 Å². The Morgan fingerprint density at radius 3 is 2.60 bits per heavy atom. The van der Waals surface area contributed by atoms with Crippen LogP contribution in [0.25, 0.3) is 0 Å². The number of aliphatic hydroxyl groups excluding tert-OH is 3. The summed E-state index contributed by atoms with van der Waals surface area (Å²) in [5.74, 6) is -0.363. The molecule has 0 aromatic rings. The molecule has 0 amide bonds. The Labute approximate surface area is 57.3 Å². The highest BCUT2D eigenvalue weighted by Crippen LogP contribution is 2.12. The molecule has 1 aliphatic rings. The summed E-state index contributed by atoms with van der Waals surface area (Å²) in [6.45, 7) is 0. The largest absolute Gasteiger partial charge is 0.506 e. The lowest BCUT2D eigenvalue weighted by molar-refractivity contribution is -0.113. The van der Waals surface area contributed by atoms with Crippen molar-refractivity contribution in [2.75, 3.05) is 0 Å². The van der Waals surface area contributed by atoms with E-state index in [0.29, 0.717) is 0 Å². The van der Waals surface area contributed by atoms with E-state index < -0.39 is 18.4 Å². The molecule has 3 atom stereocenters. The molecule has 0 fully saturated rings. The van der Waals surface area contributed by atoms with Gasteiger partial charge in [-0.15, -0.1) is 0 Å². The Kier molecular flexibility index (Phi) is 1.80. The Morgan fingerprint density at radius 1 is 1.50 bits per heavy atom. The lowest BCUT2D eigenvalue weighted by atomic mass is 10.1. The molecular weight excluding hydrogens is 138 g/mol. The van der Waals surface area contributed by atoms with E-state index in [0.717, 1.165) is 6.26 Å². The summed E-state index contributed by atoms with van der Waals surface area (Å²) in [7, 11) is 0. The van der Waals surface area contributed by atoms with Crippen LogP contribution in [0.2, 0.25) is 0 Å². The second-order valence-electron chi connectivity index (χ2n) is 2.09. The van der Waals surface area contributed by atoms with Crippen LogP contribution >= 0.6 is 0 Å². The van der Waals surface area contributed by atoms with E-state index in [9.17, 15) is 0 Å². The van der Waals surface area contributed by atoms with Crippen molar-refractivity contribution in [3.63, 3.8) is 0 Å². The van der Waals surface area contributed by atoms with Crippen molar-refractivity contribution >= 4 is 0 Å². The van der Waals surface area contributed by atoms with Crippen LogP contribution in [0.4, 0.5) is 0 Å². The fourth-order valence-corrected chi connectivity index (χ4v) is 0.653. The van der Waals surface area contributed by atoms with E-state index in [-0.39, 0.29) is 5.76 Å². The molecule has 1 unspecified atom stereocenters. The fourth-order valence-electron chi connectivity index (χ4n) is 0.653. The van der Waals surface area contributed by atoms with Crippen molar-refractivity contribution in [3.8, 4) is 0 Å². The lowest BCUT2D eigenvalue weighted by Gasteiger charge is -2.26. The Hall–Kier alpha value is -0.780. The predicted octanol–water partition coefficient (Wildman–Crippen LogP) is -1.58. The molecule has 0 aliphatic carbocycles. The summed E-state index contributed by atoms with van der Waals surface area (Å²) in [6.07, 6.45) is -1.60. The zero-order chi connectivity index (χ0) is 7.72. The van der Waals surface area contributed by atoms with Crippen LogP contribution in [0.5, 0.6) is 0 Å². The molecule has 1 rings (SSSR count). The second-order valence-corrected chi connectivity index (χ2v) is 2.09. The standard InChI is InChI=1S/C5H9NO4/c6-3-4(8)2(7)1-10-5(3)9/h1,3-5,7-9H,6H2/t3-,4?,5+/m0/s1. The van der Waals surface area contributed by atoms with Gasteiger partial charge in [0.1, 0.15) is 18.4 Å². The van der Waals surface area contributed by atoms with E-state index in [1.807, 2.05) is 0 Å². The first-order valence-electron chi connectivity index (χ1n) is 2.79. The third-order valence-electron chi connectivity index (χ3n) is 1.33. The molecule has 1 aliphatic heterocycles. The van der Waals surface area contributed by atoms with Gasteiger partial charge in [0.2, 0.25) is 6.29 Å². The molecule has 0 radical (unpaired) electrons. The van der Waals surface area contributed by atoms with Crippen LogP contribution in [0, 0.1) is 0 Å². The molecule has 0 bridgehead atoms. The van der Waals surface area contributed by atoms with Gasteiger partial charge in [-0.1, -0.05) is 0 Å². The molecule has 5 heteroatoms. The van der Waals surface area contributed by atoms with Crippen molar-refractivity contribution in [1.29, 1.82) is 0 Å². The third-order valence-corrected chi connectivity index (χ3v) is 1.33. The Balaban J connectivity index is 2.71. The molecular formula is C5H9NO4. The third kappa shape index (κ3) is 1.06. The van der Waals surface area contributed by atoms with Gasteiger partial charge in [0.15, 0.2) is 5.76 Å². The average Bonchev–Trinajstić information content (AvgIpc) is 1.93. The van der Waals surface area contributed by atoms with E-state index in [1.165, 1.54) is 0 Å². The number of rotatable bonds is 0. The van der Waals surface area contributed by atoms with Crippen LogP contribution in [0.1, 0.15) is 0 Å². The molecule has 0 aromatic heterocycles. The van der Waals surface area contributed by atoms with Gasteiger partial charge < -0.3 is 25.8 Å². The van der Waals surface area contributed by atoms with Gasteiger partial charge in [0.05, 0.1) is 0 Å². The minimum Gasteiger partial charge on any atom is -0.506 e. The zero-order valence-electron chi connectivity index (χ0n) is 5.14. The number of ether oxygens (including phenoxy) is 1. The number of hydrogen-bond donors (Lipinski definition) is 4. The molecule has 58 valence electrons. The van der Waals surface area contributed by atoms with Gasteiger partial charge in [-0.2, -0.15) is 0 Å². The molecule has 1 heterocycles. The minimum atomic E-state index is -1.24. The molecule has 0 spiro atoms. The monoisotopic (exact) mass is 147 g/mol. The smallest absolute Gasteiger partial charge is 0.215 e. The maximum atomic E-state index is 8.93. The summed E-state index contributed by atoms with van der Waals surface area (Å²) >= 11 is 0. The second kappa shape index (κ2) is 2.45. The Bertz CT molecular complexity index is 158. The van der Waals surface area contributed by atoms with Crippen molar-refractivity contribution in [3.05, 3.63) is 12.0 Å². The zero-order valence-corrected chi connectivity index (χ0v) is 5.14. The summed E-state index contributed by atoms with van der Waals surface area (Å²) in [5, 5.41) is 26.5. The first-order valence-corrected chi connectivity index (χ1v) is 2.79. The lowest BCUT2D eigenvalue weighted by Crippen LogP contribution is -2.48. The van der Waals surface area contributed by atoms with Crippen LogP contribution in [-0.4, -0.2) is 33.8 Å². The predicted molar refractivity (Wildman–Crippen MR) is 31.8 cm³/mol. The molecule has 0 aromatic carbocycles. The van der Waals surface area contributed by atoms with Crippen molar-refractivity contribution in [2.45, 2.75) is 18.4 Å². The summed E-state index contributed by atoms with van der Waals surface area (Å²) in [5.41, 5.74) is 5.19. The molecule has 5 nitrogen and oxygen atoms in total. The summed E-state index contributed by atoms with van der Waals surface area (Å²) in [4.78, 5) is 0. The molecule has 0 saturated carbocycles. The first-order chi connectivity index (χ1) is 4.63. The molecule has 10 heavy (non-hydrogen) atoms. The van der Waals surface area contributed by atoms with Crippen LogP contribution in [0.15, 0.2) is 12.0 Å². The summed E-state index contributed by atoms with van der Waals surface area (Å²) in [6, 6.07) is -0.981. The van der Waals surface area contributed by atoms with E-state index in [2.05, 4.69) is 4.74 Å². The normalized spacial score (nSPS) is 40.3. The van der Waals surface area contributed by atoms with Crippen LogP contribution in [-0.2, 0) is 4.74 Å².